The van der Waals surface area contributed by atoms with Crippen molar-refractivity contribution in [2.75, 3.05) is 20.2 Å². The van der Waals surface area contributed by atoms with Gasteiger partial charge in [0.1, 0.15) is 11.4 Å². The largest absolute Gasteiger partial charge is 0.497 e. The van der Waals surface area contributed by atoms with Crippen LogP contribution in [0.1, 0.15) is 55.1 Å². The number of benzene rings is 2. The highest BCUT2D eigenvalue weighted by atomic mass is 16.6. The Morgan fingerprint density at radius 3 is 2.29 bits per heavy atom. The minimum atomic E-state index is -0.525. The first-order valence-corrected chi connectivity index (χ1v) is 10.8. The van der Waals surface area contributed by atoms with E-state index in [4.69, 9.17) is 9.47 Å². The Morgan fingerprint density at radius 2 is 1.68 bits per heavy atom. The minimum absolute atomic E-state index is 0.0529. The van der Waals surface area contributed by atoms with Crippen molar-refractivity contribution in [2.45, 2.75) is 51.3 Å². The highest BCUT2D eigenvalue weighted by Crippen LogP contribution is 2.47. The standard InChI is InChI=1S/C25H30N2O4/c1-24(2,3)31-23(29)26-15-13-25(14-16-26)21-8-6-5-7-20(21)22(28)27(25)17-18-9-11-19(30-4)12-10-18/h5-12H,13-17H2,1-4H3. The van der Waals surface area contributed by atoms with Crippen molar-refractivity contribution >= 4 is 12.0 Å². The molecule has 2 heterocycles. The third-order valence-electron chi connectivity index (χ3n) is 6.16. The fraction of sp³-hybridized carbons (Fsp3) is 0.440. The molecule has 2 aliphatic rings. The van der Waals surface area contributed by atoms with E-state index in [9.17, 15) is 9.59 Å². The second kappa shape index (κ2) is 7.91. The van der Waals surface area contributed by atoms with E-state index >= 15 is 0 Å². The lowest BCUT2D eigenvalue weighted by Crippen LogP contribution is -2.52. The number of nitrogens with zero attached hydrogens (tertiary/aromatic N) is 2. The molecular formula is C25H30N2O4. The van der Waals surface area contributed by atoms with Crippen LogP contribution in [0.3, 0.4) is 0 Å². The minimum Gasteiger partial charge on any atom is -0.497 e. The van der Waals surface area contributed by atoms with Gasteiger partial charge in [-0.2, -0.15) is 0 Å². The molecule has 0 N–H and O–H groups in total. The molecule has 1 saturated heterocycles. The summed E-state index contributed by atoms with van der Waals surface area (Å²) in [6, 6.07) is 15.7. The summed E-state index contributed by atoms with van der Waals surface area (Å²) in [4.78, 5) is 29.7. The number of hydrogen-bond donors (Lipinski definition) is 0. The van der Waals surface area contributed by atoms with E-state index in [0.29, 0.717) is 32.5 Å². The number of carbonyl (C=O) groups excluding carboxylic acids is 2. The average molecular weight is 423 g/mol. The van der Waals surface area contributed by atoms with E-state index in [2.05, 4.69) is 6.07 Å². The first-order valence-electron chi connectivity index (χ1n) is 10.8. The van der Waals surface area contributed by atoms with Crippen LogP contribution < -0.4 is 4.74 Å². The molecule has 0 saturated carbocycles. The summed E-state index contributed by atoms with van der Waals surface area (Å²) in [5, 5.41) is 0. The number of amides is 2. The van der Waals surface area contributed by atoms with Crippen molar-refractivity contribution in [3.05, 3.63) is 65.2 Å². The fourth-order valence-electron chi connectivity index (χ4n) is 4.62. The summed E-state index contributed by atoms with van der Waals surface area (Å²) in [6.07, 6.45) is 1.08. The third-order valence-corrected chi connectivity index (χ3v) is 6.16. The van der Waals surface area contributed by atoms with Gasteiger partial charge in [-0.25, -0.2) is 4.79 Å². The van der Waals surface area contributed by atoms with Crippen LogP contribution in [0.2, 0.25) is 0 Å². The maximum absolute atomic E-state index is 13.4. The van der Waals surface area contributed by atoms with Crippen LogP contribution in [-0.4, -0.2) is 47.6 Å². The van der Waals surface area contributed by atoms with Gasteiger partial charge in [-0.3, -0.25) is 4.79 Å². The molecule has 0 bridgehead atoms. The maximum atomic E-state index is 13.4. The molecule has 31 heavy (non-hydrogen) atoms. The maximum Gasteiger partial charge on any atom is 0.410 e. The first kappa shape index (κ1) is 21.2. The molecule has 2 aromatic carbocycles. The van der Waals surface area contributed by atoms with Crippen LogP contribution >= 0.6 is 0 Å². The summed E-state index contributed by atoms with van der Waals surface area (Å²) >= 11 is 0. The topological polar surface area (TPSA) is 59.1 Å². The van der Waals surface area contributed by atoms with Crippen LogP contribution in [0.25, 0.3) is 0 Å². The molecule has 0 aliphatic carbocycles. The Balaban J connectivity index is 1.60. The highest BCUT2D eigenvalue weighted by Gasteiger charge is 2.51. The van der Waals surface area contributed by atoms with Crippen molar-refractivity contribution < 1.29 is 19.1 Å². The summed E-state index contributed by atoms with van der Waals surface area (Å²) in [7, 11) is 1.64. The molecule has 6 nitrogen and oxygen atoms in total. The number of methoxy groups -OCH3 is 1. The molecule has 2 aliphatic heterocycles. The van der Waals surface area contributed by atoms with E-state index in [1.807, 2.05) is 68.1 Å². The predicted octanol–water partition coefficient (Wildman–Crippen LogP) is 4.58. The van der Waals surface area contributed by atoms with E-state index in [0.717, 1.165) is 22.4 Å². The lowest BCUT2D eigenvalue weighted by molar-refractivity contribution is -0.00220. The van der Waals surface area contributed by atoms with Gasteiger partial charge in [0.15, 0.2) is 0 Å². The number of piperidine rings is 1. The van der Waals surface area contributed by atoms with Gasteiger partial charge >= 0.3 is 6.09 Å². The Morgan fingerprint density at radius 1 is 1.03 bits per heavy atom. The number of fused-ring (bicyclic) bond motifs is 2. The zero-order valence-corrected chi connectivity index (χ0v) is 18.7. The first-order chi connectivity index (χ1) is 14.7. The van der Waals surface area contributed by atoms with Gasteiger partial charge in [-0.05, 0) is 62.9 Å². The summed E-state index contributed by atoms with van der Waals surface area (Å²) in [6.45, 7) is 7.24. The lowest BCUT2D eigenvalue weighted by Gasteiger charge is -2.45. The quantitative estimate of drug-likeness (QED) is 0.727. The van der Waals surface area contributed by atoms with Crippen LogP contribution in [0.5, 0.6) is 5.75 Å². The predicted molar refractivity (Wildman–Crippen MR) is 118 cm³/mol. The molecule has 1 fully saturated rings. The average Bonchev–Trinajstić information content (AvgIpc) is 2.97. The van der Waals surface area contributed by atoms with Crippen LogP contribution in [0, 0.1) is 0 Å². The van der Waals surface area contributed by atoms with Crippen molar-refractivity contribution in [1.29, 1.82) is 0 Å². The van der Waals surface area contributed by atoms with Crippen LogP contribution in [0.15, 0.2) is 48.5 Å². The van der Waals surface area contributed by atoms with Gasteiger partial charge in [0.2, 0.25) is 0 Å². The van der Waals surface area contributed by atoms with E-state index in [1.165, 1.54) is 0 Å². The molecule has 1 spiro atoms. The van der Waals surface area contributed by atoms with Crippen LogP contribution in [0.4, 0.5) is 4.79 Å². The SMILES string of the molecule is COc1ccc(CN2C(=O)c3ccccc3C23CCN(C(=O)OC(C)(C)C)CC3)cc1. The Bertz CT molecular complexity index is 970. The number of carbonyl (C=O) groups is 2. The number of ether oxygens (including phenoxy) is 2. The Labute approximate surface area is 183 Å². The Kier molecular flexibility index (Phi) is 5.42. The number of rotatable bonds is 3. The van der Waals surface area contributed by atoms with Gasteiger partial charge in [-0.1, -0.05) is 30.3 Å². The zero-order chi connectivity index (χ0) is 22.2. The fourth-order valence-corrected chi connectivity index (χ4v) is 4.62. The monoisotopic (exact) mass is 422 g/mol. The molecule has 0 atom stereocenters. The second-order valence-electron chi connectivity index (χ2n) is 9.28. The molecule has 164 valence electrons. The van der Waals surface area contributed by atoms with E-state index < -0.39 is 11.1 Å². The number of likely N-dealkylation sites (tertiary alicyclic amines) is 1. The molecule has 4 rings (SSSR count). The summed E-state index contributed by atoms with van der Waals surface area (Å²) < 4.78 is 10.8. The van der Waals surface area contributed by atoms with Crippen molar-refractivity contribution in [3.63, 3.8) is 0 Å². The van der Waals surface area contributed by atoms with Gasteiger partial charge in [0, 0.05) is 25.2 Å². The second-order valence-corrected chi connectivity index (χ2v) is 9.28. The van der Waals surface area contributed by atoms with E-state index in [-0.39, 0.29) is 12.0 Å². The van der Waals surface area contributed by atoms with Crippen molar-refractivity contribution in [2.24, 2.45) is 0 Å². The third kappa shape index (κ3) is 3.99. The van der Waals surface area contributed by atoms with Gasteiger partial charge in [0.25, 0.3) is 5.91 Å². The molecule has 2 amide bonds. The zero-order valence-electron chi connectivity index (χ0n) is 18.7. The molecule has 0 radical (unpaired) electrons. The van der Waals surface area contributed by atoms with Crippen molar-refractivity contribution in [3.8, 4) is 5.75 Å². The normalized spacial score (nSPS) is 17.6. The summed E-state index contributed by atoms with van der Waals surface area (Å²) in [5.74, 6) is 0.845. The molecule has 0 unspecified atom stereocenters. The molecular weight excluding hydrogens is 392 g/mol. The van der Waals surface area contributed by atoms with Gasteiger partial charge in [0.05, 0.1) is 12.6 Å². The Hall–Kier alpha value is -3.02. The van der Waals surface area contributed by atoms with Gasteiger partial charge < -0.3 is 19.3 Å². The number of hydrogen-bond acceptors (Lipinski definition) is 4. The smallest absolute Gasteiger partial charge is 0.410 e. The van der Waals surface area contributed by atoms with E-state index in [1.54, 1.807) is 12.0 Å². The summed E-state index contributed by atoms with van der Waals surface area (Å²) in [5.41, 5.74) is 1.95. The molecule has 6 heteroatoms. The highest BCUT2D eigenvalue weighted by molar-refractivity contribution is 6.00. The van der Waals surface area contributed by atoms with Crippen LogP contribution in [-0.2, 0) is 16.8 Å². The molecule has 2 aromatic rings. The van der Waals surface area contributed by atoms with Crippen molar-refractivity contribution in [1.82, 2.24) is 9.80 Å². The van der Waals surface area contributed by atoms with Gasteiger partial charge in [-0.15, -0.1) is 0 Å². The lowest BCUT2D eigenvalue weighted by atomic mass is 9.80. The molecule has 0 aromatic heterocycles.